The van der Waals surface area contributed by atoms with Crippen LogP contribution in [0.1, 0.15) is 38.3 Å². The maximum Gasteiger partial charge on any atom is 0.244 e. The minimum absolute atomic E-state index is 0.0990. The second-order valence-corrected chi connectivity index (χ2v) is 10.6. The lowest BCUT2D eigenvalue weighted by molar-refractivity contribution is -0.140. The molecule has 0 fully saturated rings. The molecule has 0 saturated carbocycles. The summed E-state index contributed by atoms with van der Waals surface area (Å²) in [5, 5.41) is 3.08. The third-order valence-corrected chi connectivity index (χ3v) is 6.50. The average molecular weight is 494 g/mol. The van der Waals surface area contributed by atoms with Crippen LogP contribution in [0.5, 0.6) is 0 Å². The highest BCUT2D eigenvalue weighted by molar-refractivity contribution is 7.92. The summed E-state index contributed by atoms with van der Waals surface area (Å²) in [7, 11) is -3.82. The number of nitrogens with one attached hydrogen (secondary N) is 1. The number of carbonyl (C=O) groups excluding carboxylic acids is 2. The molecular weight excluding hydrogens is 462 g/mol. The molecule has 0 spiro atoms. The molecule has 33 heavy (non-hydrogen) atoms. The first-order chi connectivity index (χ1) is 15.4. The van der Waals surface area contributed by atoms with Crippen LogP contribution in [-0.2, 0) is 26.2 Å². The van der Waals surface area contributed by atoms with Crippen molar-refractivity contribution in [2.75, 3.05) is 17.1 Å². The van der Waals surface area contributed by atoms with Crippen molar-refractivity contribution in [2.45, 2.75) is 52.7 Å². The molecule has 9 heteroatoms. The zero-order chi connectivity index (χ0) is 24.8. The Kier molecular flexibility index (Phi) is 9.31. The molecule has 0 unspecified atom stereocenters. The first kappa shape index (κ1) is 26.7. The van der Waals surface area contributed by atoms with Gasteiger partial charge in [-0.05, 0) is 44.9 Å². The number of aryl methyl sites for hydroxylation is 1. The monoisotopic (exact) mass is 493 g/mol. The van der Waals surface area contributed by atoms with Gasteiger partial charge in [-0.3, -0.25) is 13.9 Å². The van der Waals surface area contributed by atoms with E-state index in [1.807, 2.05) is 52.0 Å². The summed E-state index contributed by atoms with van der Waals surface area (Å²) < 4.78 is 26.1. The normalized spacial score (nSPS) is 12.3. The van der Waals surface area contributed by atoms with Crippen molar-refractivity contribution in [3.63, 3.8) is 0 Å². The van der Waals surface area contributed by atoms with E-state index < -0.39 is 28.5 Å². The zero-order valence-electron chi connectivity index (χ0n) is 19.7. The lowest BCUT2D eigenvalue weighted by atomic mass is 10.1. The summed E-state index contributed by atoms with van der Waals surface area (Å²) in [4.78, 5) is 27.9. The Morgan fingerprint density at radius 1 is 1.09 bits per heavy atom. The number of benzene rings is 2. The summed E-state index contributed by atoms with van der Waals surface area (Å²) in [5.74, 6) is -0.773. The first-order valence-corrected chi connectivity index (χ1v) is 13.0. The van der Waals surface area contributed by atoms with E-state index in [1.54, 1.807) is 24.3 Å². The number of nitrogens with zero attached hydrogens (tertiary/aromatic N) is 2. The maximum atomic E-state index is 13.6. The lowest BCUT2D eigenvalue weighted by Crippen LogP contribution is -2.53. The summed E-state index contributed by atoms with van der Waals surface area (Å²) in [6, 6.07) is 13.2. The van der Waals surface area contributed by atoms with Gasteiger partial charge in [-0.2, -0.15) is 0 Å². The van der Waals surface area contributed by atoms with Gasteiger partial charge in [0.05, 0.1) is 17.0 Å². The first-order valence-electron chi connectivity index (χ1n) is 10.8. The molecule has 0 bridgehead atoms. The molecule has 1 N–H and O–H groups in total. The van der Waals surface area contributed by atoms with Crippen LogP contribution < -0.4 is 9.62 Å². The fourth-order valence-electron chi connectivity index (χ4n) is 3.56. The number of amides is 2. The van der Waals surface area contributed by atoms with Crippen LogP contribution in [0, 0.1) is 6.92 Å². The highest BCUT2D eigenvalue weighted by Crippen LogP contribution is 2.27. The Balaban J connectivity index is 2.46. The summed E-state index contributed by atoms with van der Waals surface area (Å²) >= 11 is 6.24. The fraction of sp³-hybridized carbons (Fsp3) is 0.417. The third kappa shape index (κ3) is 7.47. The van der Waals surface area contributed by atoms with Gasteiger partial charge in [0.25, 0.3) is 0 Å². The number of para-hydroxylation sites is 1. The molecule has 0 radical (unpaired) electrons. The van der Waals surface area contributed by atoms with E-state index in [4.69, 9.17) is 11.6 Å². The second-order valence-electron chi connectivity index (χ2n) is 8.32. The van der Waals surface area contributed by atoms with Gasteiger partial charge in [0.2, 0.25) is 21.8 Å². The van der Waals surface area contributed by atoms with Crippen molar-refractivity contribution in [3.05, 3.63) is 64.7 Å². The maximum absolute atomic E-state index is 13.6. The Bertz CT molecular complexity index is 1090. The highest BCUT2D eigenvalue weighted by atomic mass is 35.5. The van der Waals surface area contributed by atoms with E-state index in [0.29, 0.717) is 6.42 Å². The number of halogens is 1. The van der Waals surface area contributed by atoms with Crippen molar-refractivity contribution >= 4 is 39.1 Å². The minimum atomic E-state index is -3.82. The molecule has 2 amide bonds. The Morgan fingerprint density at radius 2 is 1.76 bits per heavy atom. The number of hydrogen-bond acceptors (Lipinski definition) is 4. The van der Waals surface area contributed by atoms with Crippen molar-refractivity contribution < 1.29 is 18.0 Å². The molecule has 2 aromatic carbocycles. The van der Waals surface area contributed by atoms with E-state index >= 15 is 0 Å². The van der Waals surface area contributed by atoms with Crippen LogP contribution in [0.15, 0.2) is 48.5 Å². The van der Waals surface area contributed by atoms with Crippen molar-refractivity contribution in [1.82, 2.24) is 10.2 Å². The van der Waals surface area contributed by atoms with Crippen LogP contribution >= 0.6 is 11.6 Å². The molecule has 7 nitrogen and oxygen atoms in total. The molecule has 0 aliphatic carbocycles. The van der Waals surface area contributed by atoms with Gasteiger partial charge in [-0.1, -0.05) is 60.5 Å². The molecule has 0 heterocycles. The fourth-order valence-corrected chi connectivity index (χ4v) is 4.71. The number of carbonyl (C=O) groups is 2. The van der Waals surface area contributed by atoms with Gasteiger partial charge < -0.3 is 10.2 Å². The summed E-state index contributed by atoms with van der Waals surface area (Å²) in [5.41, 5.74) is 2.08. The Morgan fingerprint density at radius 3 is 2.30 bits per heavy atom. The topological polar surface area (TPSA) is 86.8 Å². The van der Waals surface area contributed by atoms with Crippen LogP contribution in [0.3, 0.4) is 0 Å². The van der Waals surface area contributed by atoms with Gasteiger partial charge in [0, 0.05) is 12.6 Å². The molecule has 2 rings (SSSR count). The molecule has 0 aliphatic rings. The minimum Gasteiger partial charge on any atom is -0.352 e. The van der Waals surface area contributed by atoms with E-state index in [1.165, 1.54) is 4.90 Å². The Labute approximate surface area is 201 Å². The van der Waals surface area contributed by atoms with E-state index in [0.717, 1.165) is 21.7 Å². The van der Waals surface area contributed by atoms with Crippen molar-refractivity contribution in [3.8, 4) is 0 Å². The quantitative estimate of drug-likeness (QED) is 0.546. The summed E-state index contributed by atoms with van der Waals surface area (Å²) in [6.07, 6.45) is 1.40. The van der Waals surface area contributed by atoms with Gasteiger partial charge >= 0.3 is 0 Å². The standard InChI is InChI=1S/C24H32ClN3O4S/c1-6-21(24(30)26-17(2)3)27(15-19-11-9-10-18(4)14-19)23(29)16-28(33(5,31)32)22-13-8-7-12-20(22)25/h7-14,17,21H,6,15-16H2,1-5H3,(H,26,30)/t21-/m1/s1. The van der Waals surface area contributed by atoms with E-state index in [9.17, 15) is 18.0 Å². The van der Waals surface area contributed by atoms with E-state index in [2.05, 4.69) is 5.32 Å². The van der Waals surface area contributed by atoms with Crippen LogP contribution in [0.2, 0.25) is 5.02 Å². The molecular formula is C24H32ClN3O4S. The summed E-state index contributed by atoms with van der Waals surface area (Å²) in [6.45, 7) is 7.16. The number of rotatable bonds is 10. The van der Waals surface area contributed by atoms with Gasteiger partial charge in [0.15, 0.2) is 0 Å². The van der Waals surface area contributed by atoms with Gasteiger partial charge in [-0.25, -0.2) is 8.42 Å². The van der Waals surface area contributed by atoms with Crippen LogP contribution in [0.4, 0.5) is 5.69 Å². The number of anilines is 1. The smallest absolute Gasteiger partial charge is 0.244 e. The van der Waals surface area contributed by atoms with Crippen LogP contribution in [-0.4, -0.2) is 50.0 Å². The van der Waals surface area contributed by atoms with Gasteiger partial charge in [-0.15, -0.1) is 0 Å². The Hall–Kier alpha value is -2.58. The zero-order valence-corrected chi connectivity index (χ0v) is 21.3. The SMILES string of the molecule is CC[C@H](C(=O)NC(C)C)N(Cc1cccc(C)c1)C(=O)CN(c1ccccc1Cl)S(C)(=O)=O. The van der Waals surface area contributed by atoms with Crippen molar-refractivity contribution in [2.24, 2.45) is 0 Å². The average Bonchev–Trinajstić information content (AvgIpc) is 2.71. The predicted molar refractivity (Wildman–Crippen MR) is 133 cm³/mol. The van der Waals surface area contributed by atoms with Crippen molar-refractivity contribution in [1.29, 1.82) is 0 Å². The molecule has 0 aromatic heterocycles. The lowest BCUT2D eigenvalue weighted by Gasteiger charge is -2.33. The van der Waals surface area contributed by atoms with Gasteiger partial charge in [0.1, 0.15) is 12.6 Å². The highest BCUT2D eigenvalue weighted by Gasteiger charge is 2.32. The predicted octanol–water partition coefficient (Wildman–Crippen LogP) is 3.75. The second kappa shape index (κ2) is 11.5. The molecule has 2 aromatic rings. The number of hydrogen-bond donors (Lipinski definition) is 1. The molecule has 0 saturated heterocycles. The van der Waals surface area contributed by atoms with E-state index in [-0.39, 0.29) is 29.2 Å². The molecule has 180 valence electrons. The number of sulfonamides is 1. The molecule has 1 atom stereocenters. The third-order valence-electron chi connectivity index (χ3n) is 5.05. The largest absolute Gasteiger partial charge is 0.352 e. The van der Waals surface area contributed by atoms with Crippen LogP contribution in [0.25, 0.3) is 0 Å². The molecule has 0 aliphatic heterocycles.